The minimum absolute atomic E-state index is 0.465. The monoisotopic (exact) mass is 502 g/mol. The molecule has 1 rings (SSSR count). The van der Waals surface area contributed by atoms with E-state index in [4.69, 9.17) is 4.74 Å². The Kier molecular flexibility index (Phi) is 11.4. The summed E-state index contributed by atoms with van der Waals surface area (Å²) >= 11 is 3.28. The second kappa shape index (κ2) is 12.4. The van der Waals surface area contributed by atoms with Crippen molar-refractivity contribution in [3.05, 3.63) is 22.9 Å². The lowest BCUT2D eigenvalue weighted by Crippen LogP contribution is -2.39. The van der Waals surface area contributed by atoms with Crippen LogP contribution in [0, 0.1) is 0 Å². The molecular weight excluding hydrogens is 472 g/mol. The Labute approximate surface area is 174 Å². The van der Waals surface area contributed by atoms with Crippen molar-refractivity contribution in [1.82, 2.24) is 0 Å². The van der Waals surface area contributed by atoms with E-state index in [2.05, 4.69) is 22.9 Å². The van der Waals surface area contributed by atoms with Crippen molar-refractivity contribution in [3.8, 4) is 5.75 Å². The fourth-order valence-corrected chi connectivity index (χ4v) is 5.64. The van der Waals surface area contributed by atoms with E-state index in [9.17, 15) is 28.7 Å². The molecule has 8 nitrogen and oxygen atoms in total. The highest BCUT2D eigenvalue weighted by molar-refractivity contribution is 9.10. The van der Waals surface area contributed by atoms with Crippen LogP contribution < -0.4 is 9.30 Å². The van der Waals surface area contributed by atoms with Crippen LogP contribution in [0.25, 0.3) is 0 Å². The Balaban J connectivity index is 2.54. The van der Waals surface area contributed by atoms with Gasteiger partial charge in [0.05, 0.1) is 11.1 Å². The first-order valence-corrected chi connectivity index (χ1v) is 13.6. The van der Waals surface area contributed by atoms with Gasteiger partial charge in [-0.1, -0.05) is 51.9 Å². The van der Waals surface area contributed by atoms with E-state index in [0.29, 0.717) is 16.8 Å². The number of halogens is 1. The highest BCUT2D eigenvalue weighted by Gasteiger charge is 2.46. The third-order valence-electron chi connectivity index (χ3n) is 4.28. The molecule has 0 spiro atoms. The van der Waals surface area contributed by atoms with Gasteiger partial charge >= 0.3 is 15.2 Å². The Hall–Kier alpha value is -0.270. The fourth-order valence-electron chi connectivity index (χ4n) is 2.78. The van der Waals surface area contributed by atoms with Gasteiger partial charge in [-0.25, -0.2) is 0 Å². The van der Waals surface area contributed by atoms with Gasteiger partial charge in [0.2, 0.25) is 11.6 Å². The Morgan fingerprint density at radius 3 is 2.04 bits per heavy atom. The lowest BCUT2D eigenvalue weighted by Gasteiger charge is -2.17. The summed E-state index contributed by atoms with van der Waals surface area (Å²) in [7, 11) is -9.95. The molecule has 0 aliphatic rings. The molecule has 0 bridgehead atoms. The summed E-state index contributed by atoms with van der Waals surface area (Å²) in [6.45, 7) is 2.18. The number of hydrogen-bond acceptors (Lipinski definition) is 3. The zero-order valence-electron chi connectivity index (χ0n) is 16.1. The molecule has 0 unspecified atom stereocenters. The van der Waals surface area contributed by atoms with Crippen molar-refractivity contribution in [3.63, 3.8) is 0 Å². The SMILES string of the molecule is CCCCCCCCCCOc1cc(Br)c[n+](CC(P(=O)(O)O)P(=O)(O)O)c1. The van der Waals surface area contributed by atoms with Gasteiger partial charge in [0.15, 0.2) is 18.5 Å². The summed E-state index contributed by atoms with van der Waals surface area (Å²) in [5.41, 5.74) is 0. The first kappa shape index (κ1) is 25.8. The summed E-state index contributed by atoms with van der Waals surface area (Å²) in [5, 5.41) is -2.10. The van der Waals surface area contributed by atoms with Crippen molar-refractivity contribution < 1.29 is 38.0 Å². The molecule has 0 aliphatic carbocycles. The fraction of sp³-hybridized carbons (Fsp3) is 0.706. The van der Waals surface area contributed by atoms with Crippen LogP contribution in [0.4, 0.5) is 0 Å². The molecule has 162 valence electrons. The maximum atomic E-state index is 11.5. The summed E-state index contributed by atoms with van der Waals surface area (Å²) in [4.78, 5) is 37.1. The average molecular weight is 503 g/mol. The molecule has 1 aromatic rings. The predicted molar refractivity (Wildman–Crippen MR) is 110 cm³/mol. The Morgan fingerprint density at radius 1 is 0.964 bits per heavy atom. The first-order chi connectivity index (χ1) is 13.0. The number of unbranched alkanes of at least 4 members (excludes halogenated alkanes) is 7. The van der Waals surface area contributed by atoms with E-state index in [0.717, 1.165) is 19.3 Å². The molecule has 0 saturated heterocycles. The quantitative estimate of drug-likeness (QED) is 0.172. The number of ether oxygens (including phenoxy) is 1. The predicted octanol–water partition coefficient (Wildman–Crippen LogP) is 3.94. The van der Waals surface area contributed by atoms with Gasteiger partial charge in [0.1, 0.15) is 0 Å². The highest BCUT2D eigenvalue weighted by atomic mass is 79.9. The summed E-state index contributed by atoms with van der Waals surface area (Å²) < 4.78 is 30.5. The molecule has 0 saturated carbocycles. The van der Waals surface area contributed by atoms with Crippen molar-refractivity contribution in [1.29, 1.82) is 0 Å². The zero-order valence-corrected chi connectivity index (χ0v) is 19.5. The van der Waals surface area contributed by atoms with Gasteiger partial charge in [0.25, 0.3) is 0 Å². The van der Waals surface area contributed by atoms with Crippen molar-refractivity contribution in [2.75, 3.05) is 6.61 Å². The zero-order chi connectivity index (χ0) is 21.2. The molecule has 28 heavy (non-hydrogen) atoms. The van der Waals surface area contributed by atoms with Crippen LogP contribution in [0.3, 0.4) is 0 Å². The van der Waals surface area contributed by atoms with Gasteiger partial charge in [-0.2, -0.15) is 4.57 Å². The van der Waals surface area contributed by atoms with Gasteiger partial charge in [-0.3, -0.25) is 9.13 Å². The lowest BCUT2D eigenvalue weighted by molar-refractivity contribution is -0.695. The van der Waals surface area contributed by atoms with E-state index in [1.54, 1.807) is 6.07 Å². The molecule has 1 aromatic heterocycles. The third kappa shape index (κ3) is 10.5. The van der Waals surface area contributed by atoms with E-state index >= 15 is 0 Å². The second-order valence-electron chi connectivity index (χ2n) is 6.87. The van der Waals surface area contributed by atoms with Crippen LogP contribution in [0.5, 0.6) is 5.75 Å². The van der Waals surface area contributed by atoms with Crippen LogP contribution in [-0.2, 0) is 15.7 Å². The minimum atomic E-state index is -4.98. The van der Waals surface area contributed by atoms with Crippen LogP contribution in [-0.4, -0.2) is 31.6 Å². The van der Waals surface area contributed by atoms with Gasteiger partial charge in [-0.05, 0) is 22.4 Å². The largest absolute Gasteiger partial charge is 0.487 e. The van der Waals surface area contributed by atoms with E-state index < -0.39 is 27.1 Å². The van der Waals surface area contributed by atoms with Crippen LogP contribution >= 0.6 is 31.1 Å². The number of pyridine rings is 1. The molecule has 1 heterocycles. The van der Waals surface area contributed by atoms with Crippen LogP contribution in [0.15, 0.2) is 22.9 Å². The lowest BCUT2D eigenvalue weighted by atomic mass is 10.1. The van der Waals surface area contributed by atoms with Crippen molar-refractivity contribution in [2.45, 2.75) is 70.2 Å². The highest BCUT2D eigenvalue weighted by Crippen LogP contribution is 2.59. The third-order valence-corrected chi connectivity index (χ3v) is 8.40. The normalized spacial score (nSPS) is 12.5. The number of aromatic nitrogens is 1. The molecule has 0 aliphatic heterocycles. The molecule has 0 fully saturated rings. The summed E-state index contributed by atoms with van der Waals surface area (Å²) in [5.74, 6) is 0.465. The van der Waals surface area contributed by atoms with Gasteiger partial charge in [-0.15, -0.1) is 0 Å². The Morgan fingerprint density at radius 2 is 1.50 bits per heavy atom. The number of hydrogen-bond donors (Lipinski definition) is 4. The Bertz CT molecular complexity index is 670. The molecule has 0 radical (unpaired) electrons. The van der Waals surface area contributed by atoms with Crippen LogP contribution in [0.2, 0.25) is 0 Å². The summed E-state index contributed by atoms with van der Waals surface area (Å²) in [6, 6.07) is 1.70. The standard InChI is InChI=1S/C17H30BrNO7P2/c1-2-3-4-5-6-7-8-9-10-26-16-11-15(18)12-19(13-16)14-17(27(20,21)22)28(23,24)25/h11-13,17H,2-10,14H2,1H3,(H3-,20,21,22,23,24,25)/p+1. The second-order valence-corrected chi connectivity index (χ2v) is 11.8. The van der Waals surface area contributed by atoms with Crippen molar-refractivity contribution >= 4 is 31.1 Å². The maximum Gasteiger partial charge on any atom is 0.347 e. The van der Waals surface area contributed by atoms with Gasteiger partial charge < -0.3 is 24.3 Å². The van der Waals surface area contributed by atoms with E-state index in [1.165, 1.54) is 49.1 Å². The van der Waals surface area contributed by atoms with Crippen molar-refractivity contribution in [2.24, 2.45) is 0 Å². The number of nitrogens with zero attached hydrogens (tertiary/aromatic N) is 1. The van der Waals surface area contributed by atoms with Gasteiger partial charge in [0, 0.05) is 6.07 Å². The maximum absolute atomic E-state index is 11.5. The van der Waals surface area contributed by atoms with E-state index in [-0.39, 0.29) is 0 Å². The molecule has 0 aromatic carbocycles. The molecule has 0 amide bonds. The topological polar surface area (TPSA) is 128 Å². The molecule has 11 heteroatoms. The minimum Gasteiger partial charge on any atom is -0.487 e. The van der Waals surface area contributed by atoms with E-state index in [1.807, 2.05) is 0 Å². The molecule has 0 atom stereocenters. The first-order valence-electron chi connectivity index (χ1n) is 9.47. The average Bonchev–Trinajstić information content (AvgIpc) is 2.56. The van der Waals surface area contributed by atoms with Crippen LogP contribution in [0.1, 0.15) is 58.3 Å². The molecular formula is C17H31BrNO7P2+. The smallest absolute Gasteiger partial charge is 0.347 e. The molecule has 4 N–H and O–H groups in total. The number of rotatable bonds is 14. The summed E-state index contributed by atoms with van der Waals surface area (Å²) in [6.07, 6.45) is 12.4.